The van der Waals surface area contributed by atoms with Crippen LogP contribution in [0, 0.1) is 12.8 Å². The van der Waals surface area contributed by atoms with Gasteiger partial charge in [-0.25, -0.2) is 4.79 Å². The van der Waals surface area contributed by atoms with E-state index in [0.29, 0.717) is 18.2 Å². The van der Waals surface area contributed by atoms with Gasteiger partial charge < -0.3 is 14.5 Å². The highest BCUT2D eigenvalue weighted by Gasteiger charge is 2.39. The molecule has 2 heterocycles. The van der Waals surface area contributed by atoms with Gasteiger partial charge in [-0.1, -0.05) is 5.16 Å². The van der Waals surface area contributed by atoms with Crippen molar-refractivity contribution >= 4 is 11.9 Å². The SMILES string of the molecule is Cc1cc(-c2cc(C(=O)O)no2)cc2c1C(=O)N(C(C)C1CC1)C2. The second kappa shape index (κ2) is 5.19. The van der Waals surface area contributed by atoms with Crippen LogP contribution >= 0.6 is 0 Å². The van der Waals surface area contributed by atoms with Crippen molar-refractivity contribution in [2.45, 2.75) is 39.3 Å². The number of nitrogens with zero attached hydrogens (tertiary/aromatic N) is 2. The van der Waals surface area contributed by atoms with Crippen LogP contribution in [0.5, 0.6) is 0 Å². The number of carboxylic acids is 1. The van der Waals surface area contributed by atoms with Gasteiger partial charge in [-0.15, -0.1) is 0 Å². The lowest BCUT2D eigenvalue weighted by molar-refractivity contribution is 0.0680. The van der Waals surface area contributed by atoms with Crippen molar-refractivity contribution < 1.29 is 19.2 Å². The van der Waals surface area contributed by atoms with Crippen LogP contribution in [0.3, 0.4) is 0 Å². The van der Waals surface area contributed by atoms with Crippen molar-refractivity contribution in [2.75, 3.05) is 0 Å². The number of benzene rings is 1. The summed E-state index contributed by atoms with van der Waals surface area (Å²) in [6, 6.07) is 5.43. The van der Waals surface area contributed by atoms with Crippen LogP contribution in [0.1, 0.15) is 51.7 Å². The predicted octanol–water partition coefficient (Wildman–Crippen LogP) is 3.10. The van der Waals surface area contributed by atoms with Crippen molar-refractivity contribution in [2.24, 2.45) is 5.92 Å². The summed E-state index contributed by atoms with van der Waals surface area (Å²) in [6.45, 7) is 4.62. The zero-order valence-electron chi connectivity index (χ0n) is 13.6. The molecule has 1 aliphatic carbocycles. The molecule has 6 heteroatoms. The van der Waals surface area contributed by atoms with Crippen molar-refractivity contribution in [3.8, 4) is 11.3 Å². The Morgan fingerprint density at radius 1 is 1.38 bits per heavy atom. The summed E-state index contributed by atoms with van der Waals surface area (Å²) in [5, 5.41) is 12.5. The van der Waals surface area contributed by atoms with Gasteiger partial charge in [0, 0.05) is 29.8 Å². The van der Waals surface area contributed by atoms with Gasteiger partial charge in [0.05, 0.1) is 0 Å². The topological polar surface area (TPSA) is 83.6 Å². The maximum absolute atomic E-state index is 12.7. The third-order valence-corrected chi connectivity index (χ3v) is 5.04. The molecule has 1 N–H and O–H groups in total. The summed E-state index contributed by atoms with van der Waals surface area (Å²) >= 11 is 0. The van der Waals surface area contributed by atoms with Crippen LogP contribution in [0.25, 0.3) is 11.3 Å². The van der Waals surface area contributed by atoms with Crippen molar-refractivity contribution in [3.63, 3.8) is 0 Å². The van der Waals surface area contributed by atoms with Crippen molar-refractivity contribution in [3.05, 3.63) is 40.6 Å². The van der Waals surface area contributed by atoms with E-state index in [1.807, 2.05) is 24.0 Å². The molecule has 1 aliphatic heterocycles. The zero-order valence-corrected chi connectivity index (χ0v) is 13.6. The molecule has 24 heavy (non-hydrogen) atoms. The van der Waals surface area contributed by atoms with Gasteiger partial charge in [-0.05, 0) is 55.9 Å². The van der Waals surface area contributed by atoms with E-state index in [0.717, 1.165) is 22.3 Å². The molecule has 1 fully saturated rings. The number of aromatic nitrogens is 1. The van der Waals surface area contributed by atoms with E-state index < -0.39 is 5.97 Å². The number of hydrogen-bond donors (Lipinski definition) is 1. The maximum Gasteiger partial charge on any atom is 0.358 e. The van der Waals surface area contributed by atoms with Crippen molar-refractivity contribution in [1.29, 1.82) is 0 Å². The Hall–Kier alpha value is -2.63. The molecule has 0 radical (unpaired) electrons. The molecule has 1 aromatic heterocycles. The first kappa shape index (κ1) is 14.9. The number of carbonyl (C=O) groups excluding carboxylic acids is 1. The smallest absolute Gasteiger partial charge is 0.358 e. The molecule has 0 spiro atoms. The van der Waals surface area contributed by atoms with Gasteiger partial charge in [-0.2, -0.15) is 0 Å². The minimum absolute atomic E-state index is 0.0947. The van der Waals surface area contributed by atoms with Crippen LogP contribution in [-0.4, -0.2) is 33.1 Å². The summed E-state index contributed by atoms with van der Waals surface area (Å²) in [4.78, 5) is 25.6. The van der Waals surface area contributed by atoms with Gasteiger partial charge >= 0.3 is 5.97 Å². The summed E-state index contributed by atoms with van der Waals surface area (Å²) in [5.41, 5.74) is 3.24. The first-order valence-electron chi connectivity index (χ1n) is 8.10. The molecular formula is C18H18N2O4. The van der Waals surface area contributed by atoms with E-state index in [1.54, 1.807) is 0 Å². The maximum atomic E-state index is 12.7. The third-order valence-electron chi connectivity index (χ3n) is 5.04. The Kier molecular flexibility index (Phi) is 3.23. The quantitative estimate of drug-likeness (QED) is 0.933. The van der Waals surface area contributed by atoms with Crippen molar-refractivity contribution in [1.82, 2.24) is 10.1 Å². The molecular weight excluding hydrogens is 308 g/mol. The average molecular weight is 326 g/mol. The molecule has 124 valence electrons. The Morgan fingerprint density at radius 2 is 2.12 bits per heavy atom. The minimum Gasteiger partial charge on any atom is -0.476 e. The van der Waals surface area contributed by atoms with Crippen LogP contribution in [0.4, 0.5) is 0 Å². The molecule has 1 amide bonds. The van der Waals surface area contributed by atoms with Crippen LogP contribution < -0.4 is 0 Å². The number of carboxylic acid groups (broad SMARTS) is 1. The Bertz CT molecular complexity index is 851. The van der Waals surface area contributed by atoms with Gasteiger partial charge in [0.25, 0.3) is 5.91 Å². The zero-order chi connectivity index (χ0) is 17.0. The number of hydrogen-bond acceptors (Lipinski definition) is 4. The summed E-state index contributed by atoms with van der Waals surface area (Å²) in [6.07, 6.45) is 2.39. The van der Waals surface area contributed by atoms with Crippen LogP contribution in [0.2, 0.25) is 0 Å². The molecule has 0 saturated heterocycles. The fraction of sp³-hybridized carbons (Fsp3) is 0.389. The fourth-order valence-corrected chi connectivity index (χ4v) is 3.51. The second-order valence-corrected chi connectivity index (χ2v) is 6.72. The van der Waals surface area contributed by atoms with E-state index in [1.165, 1.54) is 18.9 Å². The Morgan fingerprint density at radius 3 is 2.75 bits per heavy atom. The molecule has 2 aliphatic rings. The fourth-order valence-electron chi connectivity index (χ4n) is 3.51. The van der Waals surface area contributed by atoms with Gasteiger partial charge in [0.2, 0.25) is 0 Å². The first-order chi connectivity index (χ1) is 11.5. The molecule has 6 nitrogen and oxygen atoms in total. The number of carbonyl (C=O) groups is 2. The molecule has 1 aromatic carbocycles. The lowest BCUT2D eigenvalue weighted by atomic mass is 9.99. The molecule has 0 bridgehead atoms. The minimum atomic E-state index is -1.12. The number of fused-ring (bicyclic) bond motifs is 1. The normalized spacial score (nSPS) is 17.9. The third kappa shape index (κ3) is 2.29. The highest BCUT2D eigenvalue weighted by Crippen LogP contribution is 2.39. The van der Waals surface area contributed by atoms with E-state index >= 15 is 0 Å². The Labute approximate surface area is 139 Å². The van der Waals surface area contributed by atoms with Gasteiger partial charge in [0.1, 0.15) is 0 Å². The summed E-state index contributed by atoms with van der Waals surface area (Å²) < 4.78 is 5.15. The van der Waals surface area contributed by atoms with E-state index in [9.17, 15) is 9.59 Å². The van der Waals surface area contributed by atoms with Crippen LogP contribution in [-0.2, 0) is 6.54 Å². The van der Waals surface area contributed by atoms with E-state index in [-0.39, 0.29) is 17.6 Å². The number of aromatic carboxylic acids is 1. The summed E-state index contributed by atoms with van der Waals surface area (Å²) in [7, 11) is 0. The largest absolute Gasteiger partial charge is 0.476 e. The molecule has 2 aromatic rings. The first-order valence-corrected chi connectivity index (χ1v) is 8.10. The standard InChI is InChI=1S/C18H18N2O4/c1-9-5-12(15-7-14(18(22)23)19-24-15)6-13-8-20(17(21)16(9)13)10(2)11-3-4-11/h5-7,10-11H,3-4,8H2,1-2H3,(H,22,23). The molecule has 1 atom stereocenters. The molecule has 1 unspecified atom stereocenters. The molecule has 4 rings (SSSR count). The molecule has 1 saturated carbocycles. The number of rotatable bonds is 4. The highest BCUT2D eigenvalue weighted by atomic mass is 16.5. The predicted molar refractivity (Wildman–Crippen MR) is 85.7 cm³/mol. The average Bonchev–Trinajstić information content (AvgIpc) is 3.16. The Balaban J connectivity index is 1.70. The summed E-state index contributed by atoms with van der Waals surface area (Å²) in [5.74, 6) is -0.00499. The van der Waals surface area contributed by atoms with Crippen LogP contribution in [0.15, 0.2) is 22.7 Å². The second-order valence-electron chi connectivity index (χ2n) is 6.72. The highest BCUT2D eigenvalue weighted by molar-refractivity contribution is 6.00. The van der Waals surface area contributed by atoms with Gasteiger partial charge in [0.15, 0.2) is 11.5 Å². The monoisotopic (exact) mass is 326 g/mol. The lowest BCUT2D eigenvalue weighted by Crippen LogP contribution is -2.34. The van der Waals surface area contributed by atoms with Gasteiger partial charge in [-0.3, -0.25) is 4.79 Å². The van der Waals surface area contributed by atoms with E-state index in [2.05, 4.69) is 12.1 Å². The number of amides is 1. The lowest BCUT2D eigenvalue weighted by Gasteiger charge is -2.24. The number of aryl methyl sites for hydroxylation is 1. The van der Waals surface area contributed by atoms with E-state index in [4.69, 9.17) is 9.63 Å².